The van der Waals surface area contributed by atoms with Crippen LogP contribution in [0.4, 0.5) is 0 Å². The fraction of sp³-hybridized carbons (Fsp3) is 0.167. The third-order valence-electron chi connectivity index (χ3n) is 3.46. The molecule has 0 aromatic heterocycles. The van der Waals surface area contributed by atoms with Gasteiger partial charge < -0.3 is 18.9 Å². The summed E-state index contributed by atoms with van der Waals surface area (Å²) in [6.45, 7) is 0.187. The van der Waals surface area contributed by atoms with Crippen LogP contribution in [0.5, 0.6) is 23.0 Å². The van der Waals surface area contributed by atoms with Gasteiger partial charge in [0.1, 0.15) is 11.5 Å². The molecular weight excluding hydrogens is 296 g/mol. The number of hydrogen-bond acceptors (Lipinski definition) is 5. The lowest BCUT2D eigenvalue weighted by Crippen LogP contribution is -1.94. The van der Waals surface area contributed by atoms with Gasteiger partial charge in [0.2, 0.25) is 6.79 Å². The lowest BCUT2D eigenvalue weighted by Gasteiger charge is -2.05. The first kappa shape index (κ1) is 15.0. The van der Waals surface area contributed by atoms with Crippen LogP contribution in [0.15, 0.2) is 42.5 Å². The van der Waals surface area contributed by atoms with Gasteiger partial charge in [-0.15, -0.1) is 0 Å². The zero-order valence-electron chi connectivity index (χ0n) is 12.9. The Balaban J connectivity index is 1.81. The molecule has 5 heteroatoms. The van der Waals surface area contributed by atoms with Gasteiger partial charge in [-0.2, -0.15) is 0 Å². The summed E-state index contributed by atoms with van der Waals surface area (Å²) in [5.41, 5.74) is 1.36. The Labute approximate surface area is 134 Å². The molecule has 0 radical (unpaired) electrons. The molecule has 2 aromatic carbocycles. The largest absolute Gasteiger partial charge is 0.497 e. The molecule has 0 bridgehead atoms. The Kier molecular flexibility index (Phi) is 4.19. The van der Waals surface area contributed by atoms with E-state index in [0.717, 1.165) is 5.56 Å². The topological polar surface area (TPSA) is 54.0 Å². The smallest absolute Gasteiger partial charge is 0.231 e. The van der Waals surface area contributed by atoms with Crippen LogP contribution in [0.25, 0.3) is 6.08 Å². The number of allylic oxidation sites excluding steroid dienone is 1. The minimum Gasteiger partial charge on any atom is -0.497 e. The summed E-state index contributed by atoms with van der Waals surface area (Å²) in [6, 6.07) is 10.6. The highest BCUT2D eigenvalue weighted by molar-refractivity contribution is 6.07. The zero-order valence-corrected chi connectivity index (χ0v) is 12.9. The molecule has 3 rings (SSSR count). The van der Waals surface area contributed by atoms with Crippen LogP contribution in [-0.2, 0) is 0 Å². The Morgan fingerprint density at radius 1 is 1.00 bits per heavy atom. The first-order chi connectivity index (χ1) is 11.2. The van der Waals surface area contributed by atoms with Gasteiger partial charge in [-0.25, -0.2) is 0 Å². The summed E-state index contributed by atoms with van der Waals surface area (Å²) < 4.78 is 20.9. The number of rotatable bonds is 5. The maximum atomic E-state index is 12.3. The van der Waals surface area contributed by atoms with Crippen molar-refractivity contribution in [1.82, 2.24) is 0 Å². The number of ether oxygens (including phenoxy) is 4. The maximum absolute atomic E-state index is 12.3. The van der Waals surface area contributed by atoms with Crippen LogP contribution >= 0.6 is 0 Å². The van der Waals surface area contributed by atoms with Crippen molar-refractivity contribution in [1.29, 1.82) is 0 Å². The van der Waals surface area contributed by atoms with E-state index in [1.807, 2.05) is 12.1 Å². The molecule has 0 N–H and O–H groups in total. The predicted molar refractivity (Wildman–Crippen MR) is 85.5 cm³/mol. The summed E-state index contributed by atoms with van der Waals surface area (Å²) in [4.78, 5) is 12.3. The van der Waals surface area contributed by atoms with Gasteiger partial charge in [0.25, 0.3) is 0 Å². The molecule has 0 unspecified atom stereocenters. The molecule has 0 saturated heterocycles. The normalized spacial score (nSPS) is 12.4. The fourth-order valence-electron chi connectivity index (χ4n) is 2.24. The fourth-order valence-corrected chi connectivity index (χ4v) is 2.24. The van der Waals surface area contributed by atoms with E-state index in [1.165, 1.54) is 6.08 Å². The number of carbonyl (C=O) groups excluding carboxylic acids is 1. The molecule has 118 valence electrons. The first-order valence-electron chi connectivity index (χ1n) is 7.05. The van der Waals surface area contributed by atoms with E-state index >= 15 is 0 Å². The number of benzene rings is 2. The molecule has 0 spiro atoms. The molecule has 0 amide bonds. The number of carbonyl (C=O) groups is 1. The van der Waals surface area contributed by atoms with Crippen LogP contribution in [-0.4, -0.2) is 26.8 Å². The van der Waals surface area contributed by atoms with Gasteiger partial charge in [-0.3, -0.25) is 4.79 Å². The minimum absolute atomic E-state index is 0.120. The lowest BCUT2D eigenvalue weighted by atomic mass is 10.1. The SMILES string of the molecule is COc1cc(/C=C/C(=O)c2ccc3c(c2)OCO3)cc(OC)c1. The number of fused-ring (bicyclic) bond motifs is 1. The van der Waals surface area contributed by atoms with Crippen molar-refractivity contribution in [2.24, 2.45) is 0 Å². The predicted octanol–water partition coefficient (Wildman–Crippen LogP) is 3.33. The average molecular weight is 312 g/mol. The minimum atomic E-state index is -0.120. The Morgan fingerprint density at radius 3 is 2.39 bits per heavy atom. The summed E-state index contributed by atoms with van der Waals surface area (Å²) in [6.07, 6.45) is 3.23. The van der Waals surface area contributed by atoms with Gasteiger partial charge in [-0.1, -0.05) is 6.08 Å². The molecule has 1 aliphatic rings. The molecular formula is C18H16O5. The second kappa shape index (κ2) is 6.44. The quantitative estimate of drug-likeness (QED) is 0.626. The van der Waals surface area contributed by atoms with Gasteiger partial charge in [0, 0.05) is 11.6 Å². The zero-order chi connectivity index (χ0) is 16.2. The van der Waals surface area contributed by atoms with Crippen LogP contribution in [0.2, 0.25) is 0 Å². The van der Waals surface area contributed by atoms with Crippen molar-refractivity contribution in [2.75, 3.05) is 21.0 Å². The summed E-state index contributed by atoms with van der Waals surface area (Å²) >= 11 is 0. The first-order valence-corrected chi connectivity index (χ1v) is 7.05. The molecule has 0 atom stereocenters. The van der Waals surface area contributed by atoms with Gasteiger partial charge >= 0.3 is 0 Å². The molecule has 0 saturated carbocycles. The summed E-state index contributed by atoms with van der Waals surface area (Å²) in [5, 5.41) is 0. The van der Waals surface area contributed by atoms with Crippen LogP contribution in [0, 0.1) is 0 Å². The van der Waals surface area contributed by atoms with Crippen molar-refractivity contribution < 1.29 is 23.7 Å². The van der Waals surface area contributed by atoms with E-state index in [2.05, 4.69) is 0 Å². The van der Waals surface area contributed by atoms with Crippen molar-refractivity contribution >= 4 is 11.9 Å². The third-order valence-corrected chi connectivity index (χ3v) is 3.46. The van der Waals surface area contributed by atoms with E-state index in [1.54, 1.807) is 44.6 Å². The average Bonchev–Trinajstić information content (AvgIpc) is 3.06. The van der Waals surface area contributed by atoms with E-state index < -0.39 is 0 Å². The number of hydrogen-bond donors (Lipinski definition) is 0. The van der Waals surface area contributed by atoms with E-state index in [-0.39, 0.29) is 12.6 Å². The van der Waals surface area contributed by atoms with Crippen LogP contribution < -0.4 is 18.9 Å². The Bertz CT molecular complexity index is 742. The van der Waals surface area contributed by atoms with E-state index in [4.69, 9.17) is 18.9 Å². The molecule has 0 fully saturated rings. The Hall–Kier alpha value is -2.95. The second-order valence-electron chi connectivity index (χ2n) is 4.91. The van der Waals surface area contributed by atoms with E-state index in [0.29, 0.717) is 28.6 Å². The second-order valence-corrected chi connectivity index (χ2v) is 4.91. The molecule has 23 heavy (non-hydrogen) atoms. The van der Waals surface area contributed by atoms with Gasteiger partial charge in [0.05, 0.1) is 14.2 Å². The molecule has 0 aliphatic carbocycles. The highest BCUT2D eigenvalue weighted by Gasteiger charge is 2.15. The van der Waals surface area contributed by atoms with Crippen molar-refractivity contribution in [3.8, 4) is 23.0 Å². The molecule has 1 heterocycles. The molecule has 5 nitrogen and oxygen atoms in total. The third kappa shape index (κ3) is 3.29. The Morgan fingerprint density at radius 2 is 1.70 bits per heavy atom. The molecule has 2 aromatic rings. The van der Waals surface area contributed by atoms with E-state index in [9.17, 15) is 4.79 Å². The van der Waals surface area contributed by atoms with Crippen molar-refractivity contribution in [2.45, 2.75) is 0 Å². The number of methoxy groups -OCH3 is 2. The van der Waals surface area contributed by atoms with Crippen molar-refractivity contribution in [3.05, 3.63) is 53.6 Å². The van der Waals surface area contributed by atoms with Crippen LogP contribution in [0.1, 0.15) is 15.9 Å². The number of ketones is 1. The summed E-state index contributed by atoms with van der Waals surface area (Å²) in [7, 11) is 3.17. The molecule has 1 aliphatic heterocycles. The maximum Gasteiger partial charge on any atom is 0.231 e. The lowest BCUT2D eigenvalue weighted by molar-refractivity contribution is 0.104. The van der Waals surface area contributed by atoms with Gasteiger partial charge in [0.15, 0.2) is 17.3 Å². The van der Waals surface area contributed by atoms with Gasteiger partial charge in [-0.05, 0) is 42.0 Å². The highest BCUT2D eigenvalue weighted by Crippen LogP contribution is 2.32. The monoisotopic (exact) mass is 312 g/mol. The highest BCUT2D eigenvalue weighted by atomic mass is 16.7. The van der Waals surface area contributed by atoms with Crippen LogP contribution in [0.3, 0.4) is 0 Å². The van der Waals surface area contributed by atoms with Crippen molar-refractivity contribution in [3.63, 3.8) is 0 Å². The standard InChI is InChI=1S/C18H16O5/c1-20-14-7-12(8-15(10-14)21-2)3-5-16(19)13-4-6-17-18(9-13)23-11-22-17/h3-10H,11H2,1-2H3/b5-3+. The summed E-state index contributed by atoms with van der Waals surface area (Å²) in [5.74, 6) is 2.46.